The Hall–Kier alpha value is -2.69. The van der Waals surface area contributed by atoms with Crippen molar-refractivity contribution >= 4 is 6.08 Å². The van der Waals surface area contributed by atoms with Gasteiger partial charge in [-0.2, -0.15) is 5.26 Å². The maximum absolute atomic E-state index is 10.6. The molecule has 0 spiro atoms. The topological polar surface area (TPSA) is 53.2 Å². The molecule has 0 fully saturated rings. The molecule has 0 aromatic heterocycles. The van der Waals surface area contributed by atoms with Crippen LogP contribution >= 0.6 is 0 Å². The number of isocyanates is 1. The number of nitrogens with zero attached hydrogens (tertiary/aromatic N) is 2. The standard InChI is InChI=1S/C19H18N2O/c1-2-18(21-15-22)13-19(14-20,16-9-5-3-6-10-16)17-11-7-4-8-12-17/h3-12,18H,2,13H2,1H3. The molecule has 22 heavy (non-hydrogen) atoms. The van der Waals surface area contributed by atoms with Crippen LogP contribution in [0.25, 0.3) is 0 Å². The molecule has 0 radical (unpaired) electrons. The molecule has 0 aliphatic rings. The van der Waals surface area contributed by atoms with E-state index in [2.05, 4.69) is 11.1 Å². The minimum absolute atomic E-state index is 0.224. The minimum Gasteiger partial charge on any atom is -0.211 e. The van der Waals surface area contributed by atoms with Crippen LogP contribution in [-0.4, -0.2) is 12.1 Å². The summed E-state index contributed by atoms with van der Waals surface area (Å²) in [5, 5.41) is 10.0. The van der Waals surface area contributed by atoms with Crippen LogP contribution in [0, 0.1) is 11.3 Å². The molecule has 0 aliphatic carbocycles. The van der Waals surface area contributed by atoms with E-state index in [1.54, 1.807) is 6.08 Å². The van der Waals surface area contributed by atoms with Crippen molar-refractivity contribution in [2.75, 3.05) is 0 Å². The Kier molecular flexibility index (Phi) is 5.25. The van der Waals surface area contributed by atoms with Crippen molar-refractivity contribution in [3.05, 3.63) is 71.8 Å². The second kappa shape index (κ2) is 7.36. The van der Waals surface area contributed by atoms with E-state index in [0.29, 0.717) is 12.8 Å². The highest BCUT2D eigenvalue weighted by Gasteiger charge is 2.36. The first kappa shape index (κ1) is 15.7. The highest BCUT2D eigenvalue weighted by molar-refractivity contribution is 5.46. The van der Waals surface area contributed by atoms with Crippen LogP contribution in [0.2, 0.25) is 0 Å². The summed E-state index contributed by atoms with van der Waals surface area (Å²) in [4.78, 5) is 14.5. The maximum Gasteiger partial charge on any atom is 0.235 e. The molecule has 3 nitrogen and oxygen atoms in total. The quantitative estimate of drug-likeness (QED) is 0.596. The van der Waals surface area contributed by atoms with E-state index in [1.165, 1.54) is 0 Å². The Bertz CT molecular complexity index is 643. The van der Waals surface area contributed by atoms with E-state index in [9.17, 15) is 10.1 Å². The third kappa shape index (κ3) is 3.14. The van der Waals surface area contributed by atoms with Gasteiger partial charge >= 0.3 is 0 Å². The molecule has 0 bridgehead atoms. The van der Waals surface area contributed by atoms with Crippen LogP contribution in [0.1, 0.15) is 30.9 Å². The van der Waals surface area contributed by atoms with Gasteiger partial charge in [0, 0.05) is 0 Å². The number of rotatable bonds is 6. The molecule has 1 unspecified atom stereocenters. The van der Waals surface area contributed by atoms with E-state index in [-0.39, 0.29) is 6.04 Å². The summed E-state index contributed by atoms with van der Waals surface area (Å²) in [6.45, 7) is 1.96. The van der Waals surface area contributed by atoms with Crippen molar-refractivity contribution in [1.29, 1.82) is 5.26 Å². The van der Waals surface area contributed by atoms with Gasteiger partial charge in [0.25, 0.3) is 0 Å². The van der Waals surface area contributed by atoms with Gasteiger partial charge in [0.15, 0.2) is 0 Å². The van der Waals surface area contributed by atoms with E-state index in [0.717, 1.165) is 11.1 Å². The number of benzene rings is 2. The molecular formula is C19H18N2O. The Morgan fingerprint density at radius 1 is 1.05 bits per heavy atom. The zero-order chi connectivity index (χ0) is 15.8. The van der Waals surface area contributed by atoms with Gasteiger partial charge in [-0.25, -0.2) is 9.79 Å². The smallest absolute Gasteiger partial charge is 0.211 e. The van der Waals surface area contributed by atoms with Crippen LogP contribution in [-0.2, 0) is 10.2 Å². The Balaban J connectivity index is 2.58. The van der Waals surface area contributed by atoms with Gasteiger partial charge in [-0.15, -0.1) is 0 Å². The fraction of sp³-hybridized carbons (Fsp3) is 0.263. The van der Waals surface area contributed by atoms with Crippen molar-refractivity contribution in [3.8, 4) is 6.07 Å². The van der Waals surface area contributed by atoms with Gasteiger partial charge in [-0.05, 0) is 24.0 Å². The first-order valence-electron chi connectivity index (χ1n) is 7.36. The highest BCUT2D eigenvalue weighted by atomic mass is 16.1. The van der Waals surface area contributed by atoms with Crippen LogP contribution < -0.4 is 0 Å². The average molecular weight is 290 g/mol. The van der Waals surface area contributed by atoms with Crippen LogP contribution in [0.3, 0.4) is 0 Å². The van der Waals surface area contributed by atoms with Crippen molar-refractivity contribution < 1.29 is 4.79 Å². The van der Waals surface area contributed by atoms with Gasteiger partial charge < -0.3 is 0 Å². The normalized spacial score (nSPS) is 12.0. The lowest BCUT2D eigenvalue weighted by Crippen LogP contribution is -2.30. The molecule has 3 heteroatoms. The van der Waals surface area contributed by atoms with Gasteiger partial charge in [0.05, 0.1) is 12.1 Å². The Morgan fingerprint density at radius 3 is 1.91 bits per heavy atom. The Labute approximate surface area is 130 Å². The predicted molar refractivity (Wildman–Crippen MR) is 86.1 cm³/mol. The number of hydrogen-bond acceptors (Lipinski definition) is 3. The molecular weight excluding hydrogens is 272 g/mol. The fourth-order valence-electron chi connectivity index (χ4n) is 2.73. The summed E-state index contributed by atoms with van der Waals surface area (Å²) in [6.07, 6.45) is 2.79. The van der Waals surface area contributed by atoms with Gasteiger partial charge in [0.1, 0.15) is 5.41 Å². The molecule has 0 amide bonds. The lowest BCUT2D eigenvalue weighted by molar-refractivity contribution is 0.485. The first-order valence-corrected chi connectivity index (χ1v) is 7.36. The largest absolute Gasteiger partial charge is 0.235 e. The van der Waals surface area contributed by atoms with Crippen LogP contribution in [0.15, 0.2) is 65.7 Å². The molecule has 2 aromatic rings. The maximum atomic E-state index is 10.6. The average Bonchev–Trinajstić information content (AvgIpc) is 2.60. The Morgan fingerprint density at radius 2 is 1.55 bits per heavy atom. The molecule has 2 aromatic carbocycles. The summed E-state index contributed by atoms with van der Waals surface area (Å²) in [6, 6.07) is 21.6. The molecule has 0 aliphatic heterocycles. The zero-order valence-corrected chi connectivity index (χ0v) is 12.6. The summed E-state index contributed by atoms with van der Waals surface area (Å²) in [5.41, 5.74) is 1.02. The van der Waals surface area contributed by atoms with E-state index < -0.39 is 5.41 Å². The summed E-state index contributed by atoms with van der Waals surface area (Å²) < 4.78 is 0. The second-order valence-electron chi connectivity index (χ2n) is 5.24. The first-order chi connectivity index (χ1) is 10.8. The number of carbonyl (C=O) groups excluding carboxylic acids is 1. The van der Waals surface area contributed by atoms with Crippen molar-refractivity contribution in [1.82, 2.24) is 0 Å². The fourth-order valence-corrected chi connectivity index (χ4v) is 2.73. The second-order valence-corrected chi connectivity index (χ2v) is 5.24. The van der Waals surface area contributed by atoms with Crippen molar-refractivity contribution in [2.45, 2.75) is 31.2 Å². The third-order valence-corrected chi connectivity index (χ3v) is 3.97. The molecule has 0 heterocycles. The van der Waals surface area contributed by atoms with E-state index >= 15 is 0 Å². The molecule has 1 atom stereocenters. The van der Waals surface area contributed by atoms with E-state index in [1.807, 2.05) is 67.6 Å². The zero-order valence-electron chi connectivity index (χ0n) is 12.6. The summed E-state index contributed by atoms with van der Waals surface area (Å²) in [7, 11) is 0. The number of hydrogen-bond donors (Lipinski definition) is 0. The number of nitriles is 1. The van der Waals surface area contributed by atoms with Crippen molar-refractivity contribution in [2.24, 2.45) is 4.99 Å². The molecule has 0 N–H and O–H groups in total. The van der Waals surface area contributed by atoms with E-state index in [4.69, 9.17) is 0 Å². The van der Waals surface area contributed by atoms with Crippen molar-refractivity contribution in [3.63, 3.8) is 0 Å². The lowest BCUT2D eigenvalue weighted by atomic mass is 9.71. The highest BCUT2D eigenvalue weighted by Crippen LogP contribution is 2.37. The summed E-state index contributed by atoms with van der Waals surface area (Å²) in [5.74, 6) is 0. The minimum atomic E-state index is -0.816. The third-order valence-electron chi connectivity index (χ3n) is 3.97. The summed E-state index contributed by atoms with van der Waals surface area (Å²) >= 11 is 0. The number of aliphatic imine (C=N–C) groups is 1. The lowest BCUT2D eigenvalue weighted by Gasteiger charge is -2.30. The van der Waals surface area contributed by atoms with Crippen LogP contribution in [0.4, 0.5) is 0 Å². The molecule has 2 rings (SSSR count). The molecule has 0 saturated heterocycles. The van der Waals surface area contributed by atoms with Gasteiger partial charge in [-0.1, -0.05) is 67.6 Å². The predicted octanol–water partition coefficient (Wildman–Crippen LogP) is 4.00. The van der Waals surface area contributed by atoms with Crippen LogP contribution in [0.5, 0.6) is 0 Å². The van der Waals surface area contributed by atoms with Gasteiger partial charge in [0.2, 0.25) is 6.08 Å². The molecule has 110 valence electrons. The molecule has 0 saturated carbocycles. The SMILES string of the molecule is CCC(CC(C#N)(c1ccccc1)c1ccccc1)N=C=O. The van der Waals surface area contributed by atoms with Gasteiger partial charge in [-0.3, -0.25) is 0 Å². The monoisotopic (exact) mass is 290 g/mol.